The van der Waals surface area contributed by atoms with Crippen LogP contribution in [-0.4, -0.2) is 65.5 Å². The molecule has 4 atom stereocenters. The lowest BCUT2D eigenvalue weighted by Crippen LogP contribution is -2.46. The number of aromatic amines is 1. The van der Waals surface area contributed by atoms with Gasteiger partial charge in [-0.15, -0.1) is 0 Å². The molecule has 11 heteroatoms. The van der Waals surface area contributed by atoms with Crippen molar-refractivity contribution in [2.24, 2.45) is 0 Å². The number of fused-ring (bicyclic) bond motifs is 2. The Hall–Kier alpha value is -4.32. The first kappa shape index (κ1) is 23.1. The molecule has 0 radical (unpaired) electrons. The molecule has 0 aliphatic carbocycles. The van der Waals surface area contributed by atoms with Crippen LogP contribution in [0, 0.1) is 0 Å². The van der Waals surface area contributed by atoms with Crippen LogP contribution in [0.5, 0.6) is 0 Å². The Kier molecular flexibility index (Phi) is 6.01. The number of nitrogens with zero attached hydrogens (tertiary/aromatic N) is 4. The Morgan fingerprint density at radius 1 is 1.11 bits per heavy atom. The van der Waals surface area contributed by atoms with Gasteiger partial charge in [0.2, 0.25) is 0 Å². The van der Waals surface area contributed by atoms with Crippen LogP contribution in [0.15, 0.2) is 73.4 Å². The second kappa shape index (κ2) is 9.62. The zero-order chi connectivity index (χ0) is 25.4. The van der Waals surface area contributed by atoms with Crippen LogP contribution in [0.3, 0.4) is 0 Å². The summed E-state index contributed by atoms with van der Waals surface area (Å²) in [5.74, 6) is 0.175. The van der Waals surface area contributed by atoms with Crippen molar-refractivity contribution in [3.8, 4) is 0 Å². The Bertz CT molecular complexity index is 1550. The highest BCUT2D eigenvalue weighted by Gasteiger charge is 2.46. The highest BCUT2D eigenvalue weighted by Crippen LogP contribution is 2.32. The van der Waals surface area contributed by atoms with E-state index in [1.807, 2.05) is 42.5 Å². The van der Waals surface area contributed by atoms with Crippen molar-refractivity contribution in [1.82, 2.24) is 29.8 Å². The lowest BCUT2D eigenvalue weighted by atomic mass is 10.1. The van der Waals surface area contributed by atoms with Crippen molar-refractivity contribution >= 4 is 33.8 Å². The molecule has 5 aromatic rings. The van der Waals surface area contributed by atoms with Crippen molar-refractivity contribution in [2.45, 2.75) is 31.0 Å². The fraction of sp³-hybridized carbons (Fsp3) is 0.231. The van der Waals surface area contributed by atoms with Crippen molar-refractivity contribution < 1.29 is 19.7 Å². The largest absolute Gasteiger partial charge is 0.394 e. The fourth-order valence-electron chi connectivity index (χ4n) is 4.67. The molecule has 5 N–H and O–H groups in total. The van der Waals surface area contributed by atoms with Gasteiger partial charge in [-0.1, -0.05) is 30.3 Å². The average molecular weight is 500 g/mol. The van der Waals surface area contributed by atoms with Crippen LogP contribution >= 0.6 is 0 Å². The molecule has 1 saturated heterocycles. The second-order valence-electron chi connectivity index (χ2n) is 8.90. The lowest BCUT2D eigenvalue weighted by Gasteiger charge is -2.23. The number of ether oxygens (including phenoxy) is 1. The molecule has 37 heavy (non-hydrogen) atoms. The normalized spacial score (nSPS) is 21.5. The molecule has 1 aliphatic rings. The number of carbonyl (C=O) groups is 1. The predicted molar refractivity (Wildman–Crippen MR) is 136 cm³/mol. The number of aliphatic hydroxyl groups is 2. The Morgan fingerprint density at radius 3 is 2.81 bits per heavy atom. The minimum absolute atomic E-state index is 0.372. The number of hydrogen-bond acceptors (Lipinski definition) is 8. The lowest BCUT2D eigenvalue weighted by molar-refractivity contribution is -0.0440. The topological polar surface area (TPSA) is 150 Å². The summed E-state index contributed by atoms with van der Waals surface area (Å²) in [6, 6.07) is 16.2. The maximum atomic E-state index is 13.1. The van der Waals surface area contributed by atoms with Gasteiger partial charge < -0.3 is 30.6 Å². The van der Waals surface area contributed by atoms with Gasteiger partial charge in [0.1, 0.15) is 24.6 Å². The van der Waals surface area contributed by atoms with Crippen LogP contribution < -0.4 is 10.6 Å². The van der Waals surface area contributed by atoms with Gasteiger partial charge in [-0.2, -0.15) is 0 Å². The summed E-state index contributed by atoms with van der Waals surface area (Å²) in [6.07, 6.45) is 1.87. The first-order valence-corrected chi connectivity index (χ1v) is 11.9. The highest BCUT2D eigenvalue weighted by atomic mass is 16.5. The number of H-pyrrole nitrogens is 1. The number of benzene rings is 2. The third-order valence-corrected chi connectivity index (χ3v) is 6.60. The molecule has 188 valence electrons. The molecule has 6 rings (SSSR count). The fourth-order valence-corrected chi connectivity index (χ4v) is 4.67. The van der Waals surface area contributed by atoms with E-state index in [0.29, 0.717) is 29.1 Å². The quantitative estimate of drug-likeness (QED) is 0.228. The van der Waals surface area contributed by atoms with E-state index < -0.39 is 31.1 Å². The summed E-state index contributed by atoms with van der Waals surface area (Å²) in [6.45, 7) is 0.139. The van der Waals surface area contributed by atoms with Gasteiger partial charge in [-0.3, -0.25) is 9.36 Å². The molecule has 0 spiro atoms. The zero-order valence-corrected chi connectivity index (χ0v) is 19.7. The number of anilines is 1. The van der Waals surface area contributed by atoms with Crippen LogP contribution in [0.2, 0.25) is 0 Å². The number of aromatic nitrogens is 5. The van der Waals surface area contributed by atoms with E-state index in [1.54, 1.807) is 22.9 Å². The van der Waals surface area contributed by atoms with Gasteiger partial charge in [-0.25, -0.2) is 15.0 Å². The van der Waals surface area contributed by atoms with Gasteiger partial charge in [-0.05, 0) is 29.8 Å². The predicted octanol–water partition coefficient (Wildman–Crippen LogP) is 1.97. The summed E-state index contributed by atoms with van der Waals surface area (Å²) < 4.78 is 7.62. The maximum Gasteiger partial charge on any atom is 0.251 e. The van der Waals surface area contributed by atoms with E-state index >= 15 is 0 Å². The summed E-state index contributed by atoms with van der Waals surface area (Å²) in [5, 5.41) is 27.8. The zero-order valence-electron chi connectivity index (χ0n) is 19.7. The van der Waals surface area contributed by atoms with Crippen molar-refractivity contribution in [1.29, 1.82) is 0 Å². The number of aliphatic hydroxyl groups excluding tert-OH is 2. The maximum absolute atomic E-state index is 13.1. The van der Waals surface area contributed by atoms with E-state index in [1.165, 1.54) is 12.7 Å². The van der Waals surface area contributed by atoms with Gasteiger partial charge >= 0.3 is 0 Å². The Balaban J connectivity index is 1.28. The number of carbonyl (C=O) groups excluding carboxylic acids is 1. The molecule has 3 aromatic heterocycles. The van der Waals surface area contributed by atoms with Crippen LogP contribution in [0.25, 0.3) is 22.1 Å². The third kappa shape index (κ3) is 4.29. The number of imidazole rings is 1. The molecule has 1 amide bonds. The summed E-state index contributed by atoms with van der Waals surface area (Å²) in [4.78, 5) is 29.5. The summed E-state index contributed by atoms with van der Waals surface area (Å²) in [5.41, 5.74) is 3.43. The molecule has 0 bridgehead atoms. The number of rotatable bonds is 7. The number of hydrogen-bond donors (Lipinski definition) is 5. The van der Waals surface area contributed by atoms with E-state index in [4.69, 9.17) is 4.74 Å². The monoisotopic (exact) mass is 499 g/mol. The third-order valence-electron chi connectivity index (χ3n) is 6.60. The molecule has 1 aliphatic heterocycles. The molecular formula is C26H25N7O4. The van der Waals surface area contributed by atoms with E-state index in [2.05, 4.69) is 30.6 Å². The number of amides is 1. The SMILES string of the molecule is O=C(N[C@@H]1[C@H](O)[C@@H](CO)O[C@H]1n1cnc2c(NCc3ccccc3)ncnc21)c1ccc2[nH]ccc2c1. The molecular weight excluding hydrogens is 474 g/mol. The second-order valence-corrected chi connectivity index (χ2v) is 8.90. The van der Waals surface area contributed by atoms with Crippen LogP contribution in [0.4, 0.5) is 5.82 Å². The molecule has 0 saturated carbocycles. The first-order valence-electron chi connectivity index (χ1n) is 11.9. The van der Waals surface area contributed by atoms with Crippen molar-refractivity contribution in [3.63, 3.8) is 0 Å². The van der Waals surface area contributed by atoms with Crippen LogP contribution in [-0.2, 0) is 11.3 Å². The Morgan fingerprint density at radius 2 is 1.97 bits per heavy atom. The molecule has 2 aromatic carbocycles. The smallest absolute Gasteiger partial charge is 0.251 e. The van der Waals surface area contributed by atoms with Crippen molar-refractivity contribution in [2.75, 3.05) is 11.9 Å². The first-order chi connectivity index (χ1) is 18.1. The van der Waals surface area contributed by atoms with Crippen LogP contribution in [0.1, 0.15) is 22.1 Å². The summed E-state index contributed by atoms with van der Waals surface area (Å²) >= 11 is 0. The molecule has 4 heterocycles. The molecule has 11 nitrogen and oxygen atoms in total. The van der Waals surface area contributed by atoms with E-state index in [0.717, 1.165) is 16.5 Å². The van der Waals surface area contributed by atoms with E-state index in [-0.39, 0.29) is 5.91 Å². The standard InChI is InChI=1S/C26H25N7O4/c34-12-19-22(35)20(32-25(36)17-6-7-18-16(10-17)8-9-27-18)26(37-19)33-14-31-21-23(29-13-30-24(21)33)28-11-15-4-2-1-3-5-15/h1-10,13-14,19-20,22,26-27,34-35H,11-12H2,(H,32,36)(H,28,29,30)/t19-,20-,22-,26-/m1/s1. The minimum atomic E-state index is -1.15. The van der Waals surface area contributed by atoms with Gasteiger partial charge in [0.05, 0.1) is 12.9 Å². The highest BCUT2D eigenvalue weighted by molar-refractivity contribution is 5.98. The minimum Gasteiger partial charge on any atom is -0.394 e. The van der Waals surface area contributed by atoms with E-state index in [9.17, 15) is 15.0 Å². The van der Waals surface area contributed by atoms with Crippen molar-refractivity contribution in [3.05, 3.63) is 84.6 Å². The molecule has 1 fully saturated rings. The van der Waals surface area contributed by atoms with Gasteiger partial charge in [0.25, 0.3) is 5.91 Å². The summed E-state index contributed by atoms with van der Waals surface area (Å²) in [7, 11) is 0. The molecule has 0 unspecified atom stereocenters. The average Bonchev–Trinajstić information content (AvgIpc) is 3.65. The Labute approximate surface area is 211 Å². The van der Waals surface area contributed by atoms with Gasteiger partial charge in [0.15, 0.2) is 23.2 Å². The number of nitrogens with one attached hydrogen (secondary N) is 3. The van der Waals surface area contributed by atoms with Gasteiger partial charge in [0, 0.05) is 29.2 Å².